The maximum atomic E-state index is 13.1. The van der Waals surface area contributed by atoms with Crippen molar-refractivity contribution in [2.45, 2.75) is 4.90 Å². The predicted molar refractivity (Wildman–Crippen MR) is 78.2 cm³/mol. The molecule has 0 aliphatic heterocycles. The quantitative estimate of drug-likeness (QED) is 0.520. The van der Waals surface area contributed by atoms with Gasteiger partial charge in [-0.15, -0.1) is 11.8 Å². The molecule has 5 heteroatoms. The smallest absolute Gasteiger partial charge is 0.124 e. The van der Waals surface area contributed by atoms with Crippen LogP contribution < -0.4 is 10.5 Å². The zero-order chi connectivity index (χ0) is 14.4. The minimum atomic E-state index is -0.297. The fourth-order valence-electron chi connectivity index (χ4n) is 1.57. The van der Waals surface area contributed by atoms with Crippen LogP contribution in [-0.4, -0.2) is 12.4 Å². The molecular formula is C15H13FN2OS. The summed E-state index contributed by atoms with van der Waals surface area (Å²) in [6.45, 7) is 0.479. The van der Waals surface area contributed by atoms with E-state index in [1.54, 1.807) is 30.3 Å². The fourth-order valence-corrected chi connectivity index (χ4v) is 2.39. The molecule has 0 radical (unpaired) electrons. The Labute approximate surface area is 121 Å². The predicted octanol–water partition coefficient (Wildman–Crippen LogP) is 3.45. The first kappa shape index (κ1) is 14.2. The van der Waals surface area contributed by atoms with Gasteiger partial charge in [-0.3, -0.25) is 0 Å². The van der Waals surface area contributed by atoms with Gasteiger partial charge in [0, 0.05) is 16.3 Å². The number of nitrogens with zero attached hydrogens (tertiary/aromatic N) is 1. The standard InChI is InChI=1S/C15H13FN2OS/c16-12-3-6-14(18)15(9-12)20-8-7-19-13-4-1-11(10-17)2-5-13/h1-6,9H,7-8,18H2. The molecule has 0 bridgehead atoms. The molecule has 0 saturated heterocycles. The van der Waals surface area contributed by atoms with Crippen LogP contribution in [0.3, 0.4) is 0 Å². The SMILES string of the molecule is N#Cc1ccc(OCCSc2cc(F)ccc2N)cc1. The van der Waals surface area contributed by atoms with Crippen molar-refractivity contribution in [2.24, 2.45) is 0 Å². The van der Waals surface area contributed by atoms with E-state index in [-0.39, 0.29) is 5.82 Å². The normalized spacial score (nSPS) is 10.0. The Morgan fingerprint density at radius 2 is 1.95 bits per heavy atom. The molecule has 0 fully saturated rings. The van der Waals surface area contributed by atoms with Gasteiger partial charge in [-0.05, 0) is 42.5 Å². The zero-order valence-corrected chi connectivity index (χ0v) is 11.5. The number of rotatable bonds is 5. The molecule has 102 valence electrons. The van der Waals surface area contributed by atoms with E-state index in [4.69, 9.17) is 15.7 Å². The molecule has 0 aliphatic rings. The third-order valence-electron chi connectivity index (χ3n) is 2.57. The highest BCUT2D eigenvalue weighted by Crippen LogP contribution is 2.25. The minimum absolute atomic E-state index is 0.297. The first-order chi connectivity index (χ1) is 9.69. The Balaban J connectivity index is 1.81. The van der Waals surface area contributed by atoms with Crippen LogP contribution >= 0.6 is 11.8 Å². The second kappa shape index (κ2) is 6.83. The van der Waals surface area contributed by atoms with Crippen LogP contribution in [0, 0.1) is 17.1 Å². The van der Waals surface area contributed by atoms with E-state index in [1.165, 1.54) is 23.9 Å². The molecule has 20 heavy (non-hydrogen) atoms. The summed E-state index contributed by atoms with van der Waals surface area (Å²) in [5, 5.41) is 8.68. The van der Waals surface area contributed by atoms with Crippen LogP contribution in [0.1, 0.15) is 5.56 Å². The summed E-state index contributed by atoms with van der Waals surface area (Å²) in [5.74, 6) is 1.07. The lowest BCUT2D eigenvalue weighted by atomic mass is 10.2. The summed E-state index contributed by atoms with van der Waals surface area (Å²) in [5.41, 5.74) is 6.92. The summed E-state index contributed by atoms with van der Waals surface area (Å²) in [7, 11) is 0. The third-order valence-corrected chi connectivity index (χ3v) is 3.60. The summed E-state index contributed by atoms with van der Waals surface area (Å²) >= 11 is 1.45. The van der Waals surface area contributed by atoms with Crippen LogP contribution in [0.2, 0.25) is 0 Å². The molecule has 2 N–H and O–H groups in total. The van der Waals surface area contributed by atoms with E-state index in [2.05, 4.69) is 0 Å². The van der Waals surface area contributed by atoms with Gasteiger partial charge >= 0.3 is 0 Å². The molecule has 0 spiro atoms. The van der Waals surface area contributed by atoms with Crippen LogP contribution in [-0.2, 0) is 0 Å². The van der Waals surface area contributed by atoms with Crippen molar-refractivity contribution < 1.29 is 9.13 Å². The first-order valence-electron chi connectivity index (χ1n) is 6.00. The molecule has 0 unspecified atom stereocenters. The molecule has 3 nitrogen and oxygen atoms in total. The number of benzene rings is 2. The number of hydrogen-bond acceptors (Lipinski definition) is 4. The number of nitrogen functional groups attached to an aromatic ring is 1. The van der Waals surface area contributed by atoms with Crippen molar-refractivity contribution in [3.8, 4) is 11.8 Å². The average Bonchev–Trinajstić information content (AvgIpc) is 2.47. The summed E-state index contributed by atoms with van der Waals surface area (Å²) in [6, 6.07) is 13.3. The van der Waals surface area contributed by atoms with E-state index in [0.717, 1.165) is 0 Å². The van der Waals surface area contributed by atoms with Gasteiger partial charge in [0.05, 0.1) is 18.2 Å². The van der Waals surface area contributed by atoms with Gasteiger partial charge < -0.3 is 10.5 Å². The molecule has 0 aromatic heterocycles. The molecular weight excluding hydrogens is 275 g/mol. The maximum Gasteiger partial charge on any atom is 0.124 e. The third kappa shape index (κ3) is 3.90. The van der Waals surface area contributed by atoms with Crippen LogP contribution in [0.4, 0.5) is 10.1 Å². The molecule has 0 aliphatic carbocycles. The molecule has 2 rings (SSSR count). The van der Waals surface area contributed by atoms with Gasteiger partial charge in [-0.25, -0.2) is 4.39 Å². The van der Waals surface area contributed by atoms with E-state index >= 15 is 0 Å². The molecule has 0 amide bonds. The van der Waals surface area contributed by atoms with Gasteiger partial charge in [0.1, 0.15) is 11.6 Å². The average molecular weight is 288 g/mol. The second-order valence-corrected chi connectivity index (χ2v) is 5.15. The van der Waals surface area contributed by atoms with Gasteiger partial charge in [0.25, 0.3) is 0 Å². The van der Waals surface area contributed by atoms with Crippen LogP contribution in [0.25, 0.3) is 0 Å². The molecule has 0 saturated carbocycles. The lowest BCUT2D eigenvalue weighted by molar-refractivity contribution is 0.344. The number of hydrogen-bond donors (Lipinski definition) is 1. The zero-order valence-electron chi connectivity index (χ0n) is 10.7. The van der Waals surface area contributed by atoms with Gasteiger partial charge in [-0.2, -0.15) is 5.26 Å². The fraction of sp³-hybridized carbons (Fsp3) is 0.133. The number of thioether (sulfide) groups is 1. The van der Waals surface area contributed by atoms with Gasteiger partial charge in [0.2, 0.25) is 0 Å². The van der Waals surface area contributed by atoms with Gasteiger partial charge in [-0.1, -0.05) is 0 Å². The summed E-state index contributed by atoms with van der Waals surface area (Å²) in [4.78, 5) is 0.716. The van der Waals surface area contributed by atoms with E-state index in [0.29, 0.717) is 34.3 Å². The minimum Gasteiger partial charge on any atom is -0.493 e. The highest BCUT2D eigenvalue weighted by atomic mass is 32.2. The van der Waals surface area contributed by atoms with Crippen LogP contribution in [0.15, 0.2) is 47.4 Å². The van der Waals surface area contributed by atoms with E-state index in [9.17, 15) is 4.39 Å². The van der Waals surface area contributed by atoms with Crippen molar-refractivity contribution in [2.75, 3.05) is 18.1 Å². The molecule has 0 heterocycles. The number of nitriles is 1. The van der Waals surface area contributed by atoms with Crippen molar-refractivity contribution >= 4 is 17.4 Å². The Morgan fingerprint density at radius 3 is 2.65 bits per heavy atom. The van der Waals surface area contributed by atoms with Crippen molar-refractivity contribution in [3.05, 3.63) is 53.8 Å². The van der Waals surface area contributed by atoms with Crippen molar-refractivity contribution in [3.63, 3.8) is 0 Å². The molecule has 2 aromatic carbocycles. The lowest BCUT2D eigenvalue weighted by Gasteiger charge is -2.07. The Hall–Kier alpha value is -2.19. The number of anilines is 1. The maximum absolute atomic E-state index is 13.1. The first-order valence-corrected chi connectivity index (χ1v) is 6.98. The number of halogens is 1. The van der Waals surface area contributed by atoms with Crippen molar-refractivity contribution in [1.82, 2.24) is 0 Å². The monoisotopic (exact) mass is 288 g/mol. The number of nitrogens with two attached hydrogens (primary N) is 1. The lowest BCUT2D eigenvalue weighted by Crippen LogP contribution is -2.00. The van der Waals surface area contributed by atoms with Gasteiger partial charge in [0.15, 0.2) is 0 Å². The number of ether oxygens (including phenoxy) is 1. The molecule has 2 aromatic rings. The summed E-state index contributed by atoms with van der Waals surface area (Å²) < 4.78 is 18.6. The second-order valence-electron chi connectivity index (χ2n) is 4.02. The summed E-state index contributed by atoms with van der Waals surface area (Å²) in [6.07, 6.45) is 0. The van der Waals surface area contributed by atoms with E-state index in [1.807, 2.05) is 6.07 Å². The van der Waals surface area contributed by atoms with Crippen LogP contribution in [0.5, 0.6) is 5.75 Å². The van der Waals surface area contributed by atoms with E-state index < -0.39 is 0 Å². The highest BCUT2D eigenvalue weighted by molar-refractivity contribution is 7.99. The Morgan fingerprint density at radius 1 is 1.20 bits per heavy atom. The molecule has 0 atom stereocenters. The Bertz CT molecular complexity index is 623. The Kier molecular flexibility index (Phi) is 4.85. The topological polar surface area (TPSA) is 59.0 Å². The largest absolute Gasteiger partial charge is 0.493 e. The van der Waals surface area contributed by atoms with Crippen molar-refractivity contribution in [1.29, 1.82) is 5.26 Å². The highest BCUT2D eigenvalue weighted by Gasteiger charge is 2.02.